The molecule has 0 aliphatic carbocycles. The van der Waals surface area contributed by atoms with Gasteiger partial charge in [0, 0.05) is 6.42 Å². The molecule has 0 aliphatic heterocycles. The van der Waals surface area contributed by atoms with Gasteiger partial charge in [-0.05, 0) is 25.0 Å². The van der Waals surface area contributed by atoms with Crippen molar-refractivity contribution in [3.63, 3.8) is 0 Å². The summed E-state index contributed by atoms with van der Waals surface area (Å²) >= 11 is 0. The van der Waals surface area contributed by atoms with Crippen LogP contribution in [0.5, 0.6) is 0 Å². The molecule has 0 nitrogen and oxygen atoms in total. The van der Waals surface area contributed by atoms with Crippen molar-refractivity contribution in [1.82, 2.24) is 0 Å². The van der Waals surface area contributed by atoms with Crippen LogP contribution in [0.1, 0.15) is 31.4 Å². The van der Waals surface area contributed by atoms with Gasteiger partial charge >= 0.3 is 0 Å². The van der Waals surface area contributed by atoms with Crippen molar-refractivity contribution in [1.29, 1.82) is 0 Å². The summed E-state index contributed by atoms with van der Waals surface area (Å²) < 4.78 is 36.6. The van der Waals surface area contributed by atoms with Crippen LogP contribution in [0.3, 0.4) is 0 Å². The smallest absolute Gasteiger partial charge is 0.211 e. The lowest BCUT2D eigenvalue weighted by Gasteiger charge is -2.03. The molecule has 0 spiro atoms. The highest BCUT2D eigenvalue weighted by atomic mass is 19.3. The average molecular weight is 218 g/mol. The third-order valence-electron chi connectivity index (χ3n) is 1.83. The molecule has 1 aromatic rings. The standard InChI is InChI=1S/C10H11F3.C2H6/c1-7-2-4-9(11)8(6-7)3-5-10(12)13;1-2/h2,4,6,10H,3,5H2,1H3;1-2H3. The Hall–Kier alpha value is -0.990. The predicted molar refractivity (Wildman–Crippen MR) is 56.8 cm³/mol. The van der Waals surface area contributed by atoms with E-state index in [-0.39, 0.29) is 12.8 Å². The summed E-state index contributed by atoms with van der Waals surface area (Å²) in [7, 11) is 0. The summed E-state index contributed by atoms with van der Waals surface area (Å²) in [5, 5.41) is 0. The Kier molecular flexibility index (Phi) is 6.84. The van der Waals surface area contributed by atoms with Gasteiger partial charge in [-0.15, -0.1) is 0 Å². The quantitative estimate of drug-likeness (QED) is 0.707. The molecular formula is C12H17F3. The third-order valence-corrected chi connectivity index (χ3v) is 1.83. The summed E-state index contributed by atoms with van der Waals surface area (Å²) in [6, 6.07) is 4.55. The molecule has 0 heterocycles. The largest absolute Gasteiger partial charge is 0.239 e. The number of alkyl halides is 2. The van der Waals surface area contributed by atoms with Gasteiger partial charge in [-0.25, -0.2) is 13.2 Å². The molecule has 0 fully saturated rings. The van der Waals surface area contributed by atoms with Crippen molar-refractivity contribution in [2.45, 2.75) is 40.0 Å². The van der Waals surface area contributed by atoms with Gasteiger partial charge < -0.3 is 0 Å². The Morgan fingerprint density at radius 1 is 1.20 bits per heavy atom. The van der Waals surface area contributed by atoms with E-state index in [1.54, 1.807) is 12.1 Å². The van der Waals surface area contributed by atoms with Crippen LogP contribution in [-0.4, -0.2) is 6.43 Å². The van der Waals surface area contributed by atoms with Gasteiger partial charge in [-0.3, -0.25) is 0 Å². The Bertz CT molecular complexity index is 282. The summed E-state index contributed by atoms with van der Waals surface area (Å²) in [6.07, 6.45) is -2.54. The maximum atomic E-state index is 13.0. The molecule has 0 bridgehead atoms. The maximum Gasteiger partial charge on any atom is 0.239 e. The first-order valence-corrected chi connectivity index (χ1v) is 5.13. The molecule has 86 valence electrons. The number of benzene rings is 1. The van der Waals surface area contributed by atoms with E-state index >= 15 is 0 Å². The predicted octanol–water partition coefficient (Wildman–Crippen LogP) is 4.36. The first-order chi connectivity index (χ1) is 7.09. The lowest BCUT2D eigenvalue weighted by Crippen LogP contribution is -1.97. The molecular weight excluding hydrogens is 201 g/mol. The van der Waals surface area contributed by atoms with Crippen molar-refractivity contribution >= 4 is 0 Å². The van der Waals surface area contributed by atoms with Crippen molar-refractivity contribution < 1.29 is 13.2 Å². The minimum Gasteiger partial charge on any atom is -0.211 e. The second kappa shape index (κ2) is 7.32. The first kappa shape index (κ1) is 14.0. The zero-order valence-corrected chi connectivity index (χ0v) is 9.36. The van der Waals surface area contributed by atoms with Crippen LogP contribution in [0.4, 0.5) is 13.2 Å². The van der Waals surface area contributed by atoms with E-state index in [1.807, 2.05) is 20.8 Å². The topological polar surface area (TPSA) is 0 Å². The highest BCUT2D eigenvalue weighted by Gasteiger charge is 2.06. The molecule has 3 heteroatoms. The van der Waals surface area contributed by atoms with Crippen LogP contribution in [0.25, 0.3) is 0 Å². The van der Waals surface area contributed by atoms with Crippen LogP contribution in [0, 0.1) is 12.7 Å². The molecule has 0 saturated heterocycles. The van der Waals surface area contributed by atoms with Crippen molar-refractivity contribution in [2.24, 2.45) is 0 Å². The maximum absolute atomic E-state index is 13.0. The van der Waals surface area contributed by atoms with Crippen LogP contribution in [0.2, 0.25) is 0 Å². The highest BCUT2D eigenvalue weighted by molar-refractivity contribution is 5.24. The van der Waals surface area contributed by atoms with E-state index in [1.165, 1.54) is 6.07 Å². The summed E-state index contributed by atoms with van der Waals surface area (Å²) in [4.78, 5) is 0. The van der Waals surface area contributed by atoms with E-state index in [0.29, 0.717) is 5.56 Å². The molecule has 0 atom stereocenters. The molecule has 0 aliphatic rings. The molecule has 0 amide bonds. The highest BCUT2D eigenvalue weighted by Crippen LogP contribution is 2.14. The van der Waals surface area contributed by atoms with E-state index in [0.717, 1.165) is 5.56 Å². The van der Waals surface area contributed by atoms with Gasteiger partial charge in [0.05, 0.1) is 0 Å². The second-order valence-corrected chi connectivity index (χ2v) is 3.02. The number of hydrogen-bond donors (Lipinski definition) is 0. The Labute approximate surface area is 89.1 Å². The fraction of sp³-hybridized carbons (Fsp3) is 0.500. The Morgan fingerprint density at radius 3 is 2.33 bits per heavy atom. The second-order valence-electron chi connectivity index (χ2n) is 3.02. The Balaban J connectivity index is 0.000000921. The van der Waals surface area contributed by atoms with Crippen molar-refractivity contribution in [3.8, 4) is 0 Å². The Morgan fingerprint density at radius 2 is 1.80 bits per heavy atom. The number of halogens is 3. The zero-order chi connectivity index (χ0) is 11.8. The molecule has 1 aromatic carbocycles. The first-order valence-electron chi connectivity index (χ1n) is 5.13. The fourth-order valence-electron chi connectivity index (χ4n) is 1.16. The van der Waals surface area contributed by atoms with Gasteiger partial charge in [0.25, 0.3) is 0 Å². The van der Waals surface area contributed by atoms with Crippen LogP contribution in [0.15, 0.2) is 18.2 Å². The van der Waals surface area contributed by atoms with Gasteiger partial charge in [-0.2, -0.15) is 0 Å². The number of rotatable bonds is 3. The number of hydrogen-bond acceptors (Lipinski definition) is 0. The van der Waals surface area contributed by atoms with Crippen LogP contribution >= 0.6 is 0 Å². The summed E-state index contributed by atoms with van der Waals surface area (Å²) in [5.41, 5.74) is 1.27. The molecule has 1 rings (SSSR count). The molecule has 0 aromatic heterocycles. The average Bonchev–Trinajstić information content (AvgIpc) is 2.22. The number of aryl methyl sites for hydroxylation is 2. The summed E-state index contributed by atoms with van der Waals surface area (Å²) in [6.45, 7) is 5.81. The molecule has 0 N–H and O–H groups in total. The lowest BCUT2D eigenvalue weighted by molar-refractivity contribution is 0.138. The van der Waals surface area contributed by atoms with Gasteiger partial charge in [-0.1, -0.05) is 31.5 Å². The van der Waals surface area contributed by atoms with Crippen molar-refractivity contribution in [2.75, 3.05) is 0 Å². The lowest BCUT2D eigenvalue weighted by atomic mass is 10.1. The SMILES string of the molecule is CC.Cc1ccc(F)c(CCC(F)F)c1. The third kappa shape index (κ3) is 5.45. The van der Waals surface area contributed by atoms with E-state index in [9.17, 15) is 13.2 Å². The minimum absolute atomic E-state index is 0.102. The van der Waals surface area contributed by atoms with E-state index in [4.69, 9.17) is 0 Å². The minimum atomic E-state index is -2.36. The molecule has 0 radical (unpaired) electrons. The van der Waals surface area contributed by atoms with E-state index in [2.05, 4.69) is 0 Å². The van der Waals surface area contributed by atoms with Crippen LogP contribution in [-0.2, 0) is 6.42 Å². The normalized spacial score (nSPS) is 9.80. The monoisotopic (exact) mass is 218 g/mol. The van der Waals surface area contributed by atoms with Crippen LogP contribution < -0.4 is 0 Å². The summed E-state index contributed by atoms with van der Waals surface area (Å²) in [5.74, 6) is -0.397. The molecule has 15 heavy (non-hydrogen) atoms. The fourth-order valence-corrected chi connectivity index (χ4v) is 1.16. The van der Waals surface area contributed by atoms with Gasteiger partial charge in [0.1, 0.15) is 5.82 Å². The zero-order valence-electron chi connectivity index (χ0n) is 9.36. The van der Waals surface area contributed by atoms with Gasteiger partial charge in [0.2, 0.25) is 6.43 Å². The molecule has 0 unspecified atom stereocenters. The molecule has 0 saturated carbocycles. The van der Waals surface area contributed by atoms with Crippen molar-refractivity contribution in [3.05, 3.63) is 35.1 Å². The van der Waals surface area contributed by atoms with Gasteiger partial charge in [0.15, 0.2) is 0 Å². The van der Waals surface area contributed by atoms with E-state index < -0.39 is 12.2 Å².